The molecule has 1 aromatic heterocycles. The second-order valence-electron chi connectivity index (χ2n) is 7.90. The van der Waals surface area contributed by atoms with Crippen molar-refractivity contribution in [3.8, 4) is 0 Å². The molecule has 2 heterocycles. The highest BCUT2D eigenvalue weighted by atomic mass is 79.9. The Hall–Kier alpha value is -0.990. The van der Waals surface area contributed by atoms with Crippen molar-refractivity contribution in [2.24, 2.45) is 29.1 Å². The molecule has 0 aromatic carbocycles. The maximum absolute atomic E-state index is 13.1. The SMILES string of the molecule is O=C(NC1CNC1)[C@H]1[C@H](C(=O)Nc2ncc(Br)s2)[C@@H]2CC[C@H]1C21CC1. The third-order valence-corrected chi connectivity index (χ3v) is 8.18. The first-order chi connectivity index (χ1) is 12.1. The number of anilines is 1. The summed E-state index contributed by atoms with van der Waals surface area (Å²) in [6.07, 6.45) is 6.24. The van der Waals surface area contributed by atoms with Crippen molar-refractivity contribution in [3.05, 3.63) is 9.98 Å². The molecule has 5 rings (SSSR count). The Morgan fingerprint density at radius 3 is 2.40 bits per heavy atom. The van der Waals surface area contributed by atoms with Gasteiger partial charge in [-0.1, -0.05) is 11.3 Å². The summed E-state index contributed by atoms with van der Waals surface area (Å²) in [6, 6.07) is 0.223. The van der Waals surface area contributed by atoms with E-state index in [0.29, 0.717) is 17.0 Å². The molecular weight excluding hydrogens is 404 g/mol. The second-order valence-corrected chi connectivity index (χ2v) is 10.3. The van der Waals surface area contributed by atoms with Gasteiger partial charge in [-0.3, -0.25) is 9.59 Å². The summed E-state index contributed by atoms with van der Waals surface area (Å²) in [4.78, 5) is 30.3. The maximum Gasteiger partial charge on any atom is 0.230 e. The predicted octanol–water partition coefficient (Wildman–Crippen LogP) is 1.98. The molecule has 4 aliphatic rings. The molecule has 3 saturated carbocycles. The molecule has 2 amide bonds. The van der Waals surface area contributed by atoms with Crippen LogP contribution in [0.2, 0.25) is 0 Å². The summed E-state index contributed by atoms with van der Waals surface area (Å²) in [7, 11) is 0. The summed E-state index contributed by atoms with van der Waals surface area (Å²) < 4.78 is 0.890. The molecule has 0 unspecified atom stereocenters. The Labute approximate surface area is 158 Å². The van der Waals surface area contributed by atoms with E-state index in [0.717, 1.165) is 29.7 Å². The quantitative estimate of drug-likeness (QED) is 0.689. The van der Waals surface area contributed by atoms with Gasteiger partial charge < -0.3 is 16.0 Å². The van der Waals surface area contributed by atoms with Crippen molar-refractivity contribution in [1.82, 2.24) is 15.6 Å². The Balaban J connectivity index is 1.39. The second kappa shape index (κ2) is 5.76. The van der Waals surface area contributed by atoms with Crippen LogP contribution in [0.3, 0.4) is 0 Å². The standard InChI is InChI=1S/C17H21BrN4O2S/c18-11-7-20-16(25-11)22-15(24)13-10-2-1-9(17(10)3-4-17)12(13)14(23)21-8-5-19-6-8/h7-10,12-13,19H,1-6H2,(H,21,23)(H,20,22,24)/t9-,10+,12-,13-/m1/s1. The lowest BCUT2D eigenvalue weighted by Crippen LogP contribution is -2.59. The summed E-state index contributed by atoms with van der Waals surface area (Å²) >= 11 is 4.79. The number of carbonyl (C=O) groups is 2. The van der Waals surface area contributed by atoms with Crippen LogP contribution in [0.5, 0.6) is 0 Å². The highest BCUT2D eigenvalue weighted by molar-refractivity contribution is 9.11. The van der Waals surface area contributed by atoms with Gasteiger partial charge in [0, 0.05) is 13.1 Å². The van der Waals surface area contributed by atoms with Crippen LogP contribution in [-0.4, -0.2) is 35.9 Å². The Bertz CT molecular complexity index is 730. The van der Waals surface area contributed by atoms with Crippen molar-refractivity contribution in [3.63, 3.8) is 0 Å². The van der Waals surface area contributed by atoms with Gasteiger partial charge in [0.05, 0.1) is 27.9 Å². The zero-order valence-electron chi connectivity index (χ0n) is 13.8. The highest BCUT2D eigenvalue weighted by Crippen LogP contribution is 2.74. The third kappa shape index (κ3) is 2.48. The number of nitrogens with zero attached hydrogens (tertiary/aromatic N) is 1. The molecule has 4 atom stereocenters. The van der Waals surface area contributed by atoms with Gasteiger partial charge in [-0.25, -0.2) is 4.98 Å². The van der Waals surface area contributed by atoms with Crippen molar-refractivity contribution < 1.29 is 9.59 Å². The monoisotopic (exact) mass is 424 g/mol. The average Bonchev–Trinajstić information content (AvgIpc) is 3.04. The van der Waals surface area contributed by atoms with Crippen LogP contribution in [0.4, 0.5) is 5.13 Å². The zero-order valence-corrected chi connectivity index (χ0v) is 16.2. The summed E-state index contributed by atoms with van der Waals surface area (Å²) in [5.41, 5.74) is 0.269. The number of rotatable bonds is 4. The van der Waals surface area contributed by atoms with E-state index in [2.05, 4.69) is 36.9 Å². The van der Waals surface area contributed by atoms with Crippen LogP contribution in [-0.2, 0) is 9.59 Å². The minimum Gasteiger partial charge on any atom is -0.351 e. The van der Waals surface area contributed by atoms with Gasteiger partial charge in [0.2, 0.25) is 11.8 Å². The minimum atomic E-state index is -0.211. The molecule has 4 fully saturated rings. The molecule has 0 radical (unpaired) electrons. The first kappa shape index (κ1) is 16.2. The van der Waals surface area contributed by atoms with Crippen molar-refractivity contribution in [2.75, 3.05) is 18.4 Å². The van der Waals surface area contributed by atoms with Crippen molar-refractivity contribution in [2.45, 2.75) is 31.7 Å². The largest absolute Gasteiger partial charge is 0.351 e. The zero-order chi connectivity index (χ0) is 17.2. The van der Waals surface area contributed by atoms with E-state index in [-0.39, 0.29) is 35.1 Å². The van der Waals surface area contributed by atoms with E-state index in [1.54, 1.807) is 6.20 Å². The number of nitrogens with one attached hydrogen (secondary N) is 3. The Morgan fingerprint density at radius 2 is 1.88 bits per heavy atom. The van der Waals surface area contributed by atoms with Crippen LogP contribution in [0.1, 0.15) is 25.7 Å². The van der Waals surface area contributed by atoms with Gasteiger partial charge >= 0.3 is 0 Å². The number of halogens is 1. The third-order valence-electron chi connectivity index (χ3n) is 6.79. The van der Waals surface area contributed by atoms with Crippen LogP contribution in [0.25, 0.3) is 0 Å². The first-order valence-corrected chi connectivity index (χ1v) is 10.6. The normalized spacial score (nSPS) is 34.8. The molecule has 2 bridgehead atoms. The maximum atomic E-state index is 13.1. The molecule has 8 heteroatoms. The van der Waals surface area contributed by atoms with Crippen LogP contribution >= 0.6 is 27.3 Å². The number of aromatic nitrogens is 1. The lowest BCUT2D eigenvalue weighted by molar-refractivity contribution is -0.135. The minimum absolute atomic E-state index is 0.0211. The smallest absolute Gasteiger partial charge is 0.230 e. The summed E-state index contributed by atoms with van der Waals surface area (Å²) in [5, 5.41) is 9.91. The fourth-order valence-corrected chi connectivity index (χ4v) is 6.66. The fourth-order valence-electron chi connectivity index (χ4n) is 5.55. The molecule has 1 aliphatic heterocycles. The van der Waals surface area contributed by atoms with Crippen LogP contribution in [0, 0.1) is 29.1 Å². The van der Waals surface area contributed by atoms with Gasteiger partial charge in [-0.2, -0.15) is 0 Å². The fraction of sp³-hybridized carbons (Fsp3) is 0.706. The molecule has 25 heavy (non-hydrogen) atoms. The molecule has 134 valence electrons. The molecular formula is C17H21BrN4O2S. The summed E-state index contributed by atoms with van der Waals surface area (Å²) in [6.45, 7) is 1.67. The van der Waals surface area contributed by atoms with Crippen molar-refractivity contribution in [1.29, 1.82) is 0 Å². The predicted molar refractivity (Wildman–Crippen MR) is 98.1 cm³/mol. The van der Waals surface area contributed by atoms with E-state index < -0.39 is 0 Å². The van der Waals surface area contributed by atoms with Gasteiger partial charge in [-0.15, -0.1) is 0 Å². The topological polar surface area (TPSA) is 83.1 Å². The Morgan fingerprint density at radius 1 is 1.20 bits per heavy atom. The number of carbonyl (C=O) groups excluding carboxylic acids is 2. The number of hydrogen-bond acceptors (Lipinski definition) is 5. The average molecular weight is 425 g/mol. The van der Waals surface area contributed by atoms with Gasteiger partial charge in [-0.05, 0) is 58.9 Å². The van der Waals surface area contributed by atoms with Crippen LogP contribution in [0.15, 0.2) is 9.98 Å². The number of thiazole rings is 1. The Kier molecular flexibility index (Phi) is 3.73. The van der Waals surface area contributed by atoms with E-state index in [1.165, 1.54) is 24.2 Å². The lowest BCUT2D eigenvalue weighted by atomic mass is 9.78. The molecule has 3 aliphatic carbocycles. The van der Waals surface area contributed by atoms with Gasteiger partial charge in [0.25, 0.3) is 0 Å². The van der Waals surface area contributed by atoms with Crippen molar-refractivity contribution >= 4 is 44.2 Å². The molecule has 6 nitrogen and oxygen atoms in total. The molecule has 1 aromatic rings. The number of amides is 2. The first-order valence-electron chi connectivity index (χ1n) is 9.02. The lowest BCUT2D eigenvalue weighted by Gasteiger charge is -2.33. The number of hydrogen-bond donors (Lipinski definition) is 3. The van der Waals surface area contributed by atoms with Gasteiger partial charge in [0.15, 0.2) is 5.13 Å². The van der Waals surface area contributed by atoms with Gasteiger partial charge in [0.1, 0.15) is 0 Å². The van der Waals surface area contributed by atoms with E-state index in [1.807, 2.05) is 0 Å². The molecule has 1 saturated heterocycles. The molecule has 1 spiro atoms. The van der Waals surface area contributed by atoms with E-state index in [9.17, 15) is 9.59 Å². The summed E-state index contributed by atoms with van der Waals surface area (Å²) in [5.74, 6) is 0.417. The van der Waals surface area contributed by atoms with E-state index >= 15 is 0 Å². The molecule has 3 N–H and O–H groups in total. The van der Waals surface area contributed by atoms with E-state index in [4.69, 9.17) is 0 Å². The van der Waals surface area contributed by atoms with Crippen LogP contribution < -0.4 is 16.0 Å². The highest BCUT2D eigenvalue weighted by Gasteiger charge is 2.71.